The molecule has 0 atom stereocenters. The lowest BCUT2D eigenvalue weighted by atomic mass is 9.78. The number of nitro benzene ring substituents is 1. The standard InChI is InChI=1S/C24H26ClN3O4/c1-23(2,3)17-10-14(11-18(21(17)29)24(4,5)6)9-15(13-26)22(30)27-20-8-7-16(28(31)32)12-19(20)25/h7-12,29H,1-6H3,(H,27,30). The summed E-state index contributed by atoms with van der Waals surface area (Å²) < 4.78 is 0. The monoisotopic (exact) mass is 455 g/mol. The summed E-state index contributed by atoms with van der Waals surface area (Å²) in [5.74, 6) is -0.506. The van der Waals surface area contributed by atoms with E-state index in [0.29, 0.717) is 16.7 Å². The van der Waals surface area contributed by atoms with Crippen molar-refractivity contribution in [2.45, 2.75) is 52.4 Å². The van der Waals surface area contributed by atoms with Crippen LogP contribution in [0.5, 0.6) is 5.75 Å². The van der Waals surface area contributed by atoms with Gasteiger partial charge >= 0.3 is 0 Å². The lowest BCUT2D eigenvalue weighted by molar-refractivity contribution is -0.384. The molecule has 168 valence electrons. The zero-order valence-electron chi connectivity index (χ0n) is 18.9. The number of nitrogens with one attached hydrogen (secondary N) is 1. The van der Waals surface area contributed by atoms with Crippen molar-refractivity contribution >= 4 is 35.0 Å². The van der Waals surface area contributed by atoms with E-state index < -0.39 is 10.8 Å². The van der Waals surface area contributed by atoms with E-state index in [4.69, 9.17) is 11.6 Å². The van der Waals surface area contributed by atoms with Crippen molar-refractivity contribution in [3.8, 4) is 11.8 Å². The summed E-state index contributed by atoms with van der Waals surface area (Å²) in [5, 5.41) is 33.8. The van der Waals surface area contributed by atoms with Gasteiger partial charge in [0.15, 0.2) is 0 Å². The van der Waals surface area contributed by atoms with E-state index >= 15 is 0 Å². The van der Waals surface area contributed by atoms with E-state index in [1.807, 2.05) is 47.6 Å². The molecule has 0 saturated carbocycles. The maximum atomic E-state index is 12.7. The zero-order chi connectivity index (χ0) is 24.4. The molecular formula is C24H26ClN3O4. The number of nitro groups is 1. The number of hydrogen-bond acceptors (Lipinski definition) is 5. The van der Waals surface area contributed by atoms with Crippen molar-refractivity contribution in [3.63, 3.8) is 0 Å². The highest BCUT2D eigenvalue weighted by atomic mass is 35.5. The van der Waals surface area contributed by atoms with Gasteiger partial charge in [0.05, 0.1) is 15.6 Å². The van der Waals surface area contributed by atoms with Crippen LogP contribution in [0.2, 0.25) is 5.02 Å². The number of nitrogens with zero attached hydrogens (tertiary/aromatic N) is 2. The first-order valence-electron chi connectivity index (χ1n) is 9.90. The summed E-state index contributed by atoms with van der Waals surface area (Å²) in [5.41, 5.74) is 1.03. The average molecular weight is 456 g/mol. The first-order chi connectivity index (χ1) is 14.6. The summed E-state index contributed by atoms with van der Waals surface area (Å²) >= 11 is 6.04. The van der Waals surface area contributed by atoms with E-state index in [-0.39, 0.29) is 38.6 Å². The molecular weight excluding hydrogens is 430 g/mol. The van der Waals surface area contributed by atoms with Gasteiger partial charge in [-0.05, 0) is 40.7 Å². The number of nitriles is 1. The van der Waals surface area contributed by atoms with Crippen LogP contribution in [0.25, 0.3) is 6.08 Å². The Kier molecular flexibility index (Phi) is 7.01. The quantitative estimate of drug-likeness (QED) is 0.250. The molecule has 0 aliphatic carbocycles. The maximum absolute atomic E-state index is 12.7. The third-order valence-corrected chi connectivity index (χ3v) is 5.15. The van der Waals surface area contributed by atoms with E-state index in [0.717, 1.165) is 6.07 Å². The molecule has 0 fully saturated rings. The number of amides is 1. The van der Waals surface area contributed by atoms with Crippen LogP contribution in [0, 0.1) is 21.4 Å². The van der Waals surface area contributed by atoms with Gasteiger partial charge in [0.25, 0.3) is 11.6 Å². The summed E-state index contributed by atoms with van der Waals surface area (Å²) in [4.78, 5) is 23.0. The van der Waals surface area contributed by atoms with Gasteiger partial charge in [0.2, 0.25) is 0 Å². The SMILES string of the molecule is CC(C)(C)c1cc(C=C(C#N)C(=O)Nc2ccc([N+](=O)[O-])cc2Cl)cc(C(C)(C)C)c1O. The molecule has 0 aromatic heterocycles. The number of hydrogen-bond donors (Lipinski definition) is 2. The Morgan fingerprint density at radius 1 is 1.12 bits per heavy atom. The van der Waals surface area contributed by atoms with Crippen molar-refractivity contribution in [1.82, 2.24) is 0 Å². The number of phenols is 1. The van der Waals surface area contributed by atoms with Gasteiger partial charge in [-0.2, -0.15) is 5.26 Å². The molecule has 0 heterocycles. The minimum absolute atomic E-state index is 0.0143. The third-order valence-electron chi connectivity index (χ3n) is 4.84. The molecule has 0 unspecified atom stereocenters. The number of phenolic OH excluding ortho intramolecular Hbond substituents is 1. The Hall–Kier alpha value is -3.37. The highest BCUT2D eigenvalue weighted by Crippen LogP contribution is 2.40. The number of rotatable bonds is 4. The number of carbonyl (C=O) groups excluding carboxylic acids is 1. The van der Waals surface area contributed by atoms with E-state index in [9.17, 15) is 25.3 Å². The second-order valence-electron chi connectivity index (χ2n) is 9.51. The fourth-order valence-electron chi connectivity index (χ4n) is 3.11. The fourth-order valence-corrected chi connectivity index (χ4v) is 3.33. The van der Waals surface area contributed by atoms with Gasteiger partial charge in [-0.25, -0.2) is 0 Å². The lowest BCUT2D eigenvalue weighted by Gasteiger charge is -2.28. The average Bonchev–Trinajstić information content (AvgIpc) is 2.66. The van der Waals surface area contributed by atoms with Gasteiger partial charge in [-0.1, -0.05) is 53.1 Å². The Morgan fingerprint density at radius 2 is 1.66 bits per heavy atom. The van der Waals surface area contributed by atoms with E-state index in [1.54, 1.807) is 12.1 Å². The van der Waals surface area contributed by atoms with Gasteiger partial charge in [0, 0.05) is 23.3 Å². The van der Waals surface area contributed by atoms with Crippen molar-refractivity contribution in [1.29, 1.82) is 5.26 Å². The van der Waals surface area contributed by atoms with E-state index in [2.05, 4.69) is 5.32 Å². The van der Waals surface area contributed by atoms with Crippen molar-refractivity contribution in [2.75, 3.05) is 5.32 Å². The largest absolute Gasteiger partial charge is 0.507 e. The van der Waals surface area contributed by atoms with Crippen LogP contribution in [0.4, 0.5) is 11.4 Å². The molecule has 0 radical (unpaired) electrons. The number of benzene rings is 2. The first-order valence-corrected chi connectivity index (χ1v) is 10.3. The minimum Gasteiger partial charge on any atom is -0.507 e. The second kappa shape index (κ2) is 9.01. The van der Waals surface area contributed by atoms with Crippen molar-refractivity contribution in [3.05, 3.63) is 67.7 Å². The van der Waals surface area contributed by atoms with Crippen molar-refractivity contribution in [2.24, 2.45) is 0 Å². The van der Waals surface area contributed by atoms with Crippen LogP contribution in [0.15, 0.2) is 35.9 Å². The van der Waals surface area contributed by atoms with Crippen LogP contribution in [0.1, 0.15) is 58.2 Å². The molecule has 32 heavy (non-hydrogen) atoms. The Bertz CT molecular complexity index is 1110. The molecule has 1 amide bonds. The number of anilines is 1. The Balaban J connectivity index is 2.50. The van der Waals surface area contributed by atoms with Gasteiger partial charge in [-0.15, -0.1) is 0 Å². The number of halogens is 1. The van der Waals surface area contributed by atoms with E-state index in [1.165, 1.54) is 18.2 Å². The Morgan fingerprint density at radius 3 is 2.06 bits per heavy atom. The molecule has 7 nitrogen and oxygen atoms in total. The molecule has 0 bridgehead atoms. The van der Waals surface area contributed by atoms with Crippen LogP contribution < -0.4 is 5.32 Å². The molecule has 8 heteroatoms. The summed E-state index contributed by atoms with van der Waals surface area (Å²) in [6.45, 7) is 11.8. The fraction of sp³-hybridized carbons (Fsp3) is 0.333. The smallest absolute Gasteiger partial charge is 0.271 e. The number of aromatic hydroxyl groups is 1. The summed E-state index contributed by atoms with van der Waals surface area (Å²) in [6, 6.07) is 9.04. The normalized spacial score (nSPS) is 12.2. The minimum atomic E-state index is -0.703. The van der Waals surface area contributed by atoms with Crippen molar-refractivity contribution < 1.29 is 14.8 Å². The predicted molar refractivity (Wildman–Crippen MR) is 126 cm³/mol. The number of non-ortho nitro benzene ring substituents is 1. The first kappa shape index (κ1) is 24.9. The third kappa shape index (κ3) is 5.65. The number of carbonyl (C=O) groups is 1. The second-order valence-corrected chi connectivity index (χ2v) is 9.92. The molecule has 0 aliphatic heterocycles. The van der Waals surface area contributed by atoms with Crippen LogP contribution in [-0.4, -0.2) is 15.9 Å². The predicted octanol–water partition coefficient (Wildman–Crippen LogP) is 6.09. The zero-order valence-corrected chi connectivity index (χ0v) is 19.7. The van der Waals surface area contributed by atoms with Crippen LogP contribution in [0.3, 0.4) is 0 Å². The topological polar surface area (TPSA) is 116 Å². The molecule has 2 N–H and O–H groups in total. The highest BCUT2D eigenvalue weighted by Gasteiger charge is 2.26. The Labute approximate surface area is 192 Å². The molecule has 2 aromatic rings. The lowest BCUT2D eigenvalue weighted by Crippen LogP contribution is -2.18. The maximum Gasteiger partial charge on any atom is 0.271 e. The summed E-state index contributed by atoms with van der Waals surface area (Å²) in [7, 11) is 0. The molecule has 0 saturated heterocycles. The molecule has 0 aliphatic rings. The molecule has 0 spiro atoms. The highest BCUT2D eigenvalue weighted by molar-refractivity contribution is 6.34. The molecule has 2 aromatic carbocycles. The van der Waals surface area contributed by atoms with Gasteiger partial charge in [-0.3, -0.25) is 14.9 Å². The van der Waals surface area contributed by atoms with Gasteiger partial charge < -0.3 is 10.4 Å². The van der Waals surface area contributed by atoms with Crippen LogP contribution >= 0.6 is 11.6 Å². The van der Waals surface area contributed by atoms with Crippen LogP contribution in [-0.2, 0) is 15.6 Å². The van der Waals surface area contributed by atoms with Gasteiger partial charge in [0.1, 0.15) is 17.4 Å². The molecule has 2 rings (SSSR count). The summed E-state index contributed by atoms with van der Waals surface area (Å²) in [6.07, 6.45) is 1.44.